The summed E-state index contributed by atoms with van der Waals surface area (Å²) in [5, 5.41) is 0.322. The largest absolute Gasteiger partial charge is 0.471 e. The smallest absolute Gasteiger partial charge is 0.255 e. The molecule has 2 aliphatic heterocycles. The predicted octanol–water partition coefficient (Wildman–Crippen LogP) is 3.00. The first-order valence-electron chi connectivity index (χ1n) is 9.30. The normalized spacial score (nSPS) is 19.7. The summed E-state index contributed by atoms with van der Waals surface area (Å²) in [6, 6.07) is 8.01. The van der Waals surface area contributed by atoms with Gasteiger partial charge in [0.2, 0.25) is 5.88 Å². The van der Waals surface area contributed by atoms with Crippen molar-refractivity contribution in [3.63, 3.8) is 0 Å². The lowest BCUT2D eigenvalue weighted by Crippen LogP contribution is -2.48. The van der Waals surface area contributed by atoms with E-state index in [-0.39, 0.29) is 17.8 Å². The zero-order chi connectivity index (χ0) is 19.5. The van der Waals surface area contributed by atoms with Crippen LogP contribution in [0.4, 0.5) is 10.1 Å². The summed E-state index contributed by atoms with van der Waals surface area (Å²) < 4.78 is 24.1. The van der Waals surface area contributed by atoms with Gasteiger partial charge >= 0.3 is 0 Å². The molecule has 2 aromatic rings. The highest BCUT2D eigenvalue weighted by Gasteiger charge is 2.24. The molecule has 28 heavy (non-hydrogen) atoms. The minimum absolute atomic E-state index is 0.0499. The molecule has 2 aliphatic rings. The van der Waals surface area contributed by atoms with E-state index in [1.54, 1.807) is 23.1 Å². The van der Waals surface area contributed by atoms with Crippen LogP contribution >= 0.6 is 11.6 Å². The number of piperazine rings is 1. The van der Waals surface area contributed by atoms with E-state index in [0.717, 1.165) is 12.1 Å². The molecule has 2 fully saturated rings. The molecule has 0 aliphatic carbocycles. The number of amides is 1. The predicted molar refractivity (Wildman–Crippen MR) is 104 cm³/mol. The van der Waals surface area contributed by atoms with Crippen LogP contribution in [-0.4, -0.2) is 61.3 Å². The topological polar surface area (TPSA) is 54.9 Å². The summed E-state index contributed by atoms with van der Waals surface area (Å²) in [6.07, 6.45) is 2.26. The molecule has 1 aromatic heterocycles. The van der Waals surface area contributed by atoms with E-state index < -0.39 is 0 Å². The highest BCUT2D eigenvalue weighted by molar-refractivity contribution is 6.32. The summed E-state index contributed by atoms with van der Waals surface area (Å²) in [7, 11) is 0. The molecule has 3 heterocycles. The maximum Gasteiger partial charge on any atom is 0.255 e. The minimum atomic E-state index is -0.255. The van der Waals surface area contributed by atoms with Gasteiger partial charge in [-0.3, -0.25) is 4.79 Å². The molecule has 1 amide bonds. The van der Waals surface area contributed by atoms with E-state index in [1.165, 1.54) is 18.3 Å². The third-order valence-corrected chi connectivity index (χ3v) is 5.25. The molecule has 0 bridgehead atoms. The average Bonchev–Trinajstić information content (AvgIpc) is 3.23. The molecule has 148 valence electrons. The summed E-state index contributed by atoms with van der Waals surface area (Å²) in [5.41, 5.74) is 1.39. The molecule has 2 saturated heterocycles. The second-order valence-corrected chi connectivity index (χ2v) is 7.28. The van der Waals surface area contributed by atoms with Crippen LogP contribution in [0.2, 0.25) is 5.02 Å². The number of carbonyl (C=O) groups excluding carboxylic acids is 1. The first-order chi connectivity index (χ1) is 13.6. The van der Waals surface area contributed by atoms with Crippen molar-refractivity contribution in [2.24, 2.45) is 0 Å². The summed E-state index contributed by atoms with van der Waals surface area (Å²) >= 11 is 6.27. The molecular formula is C20H21ClFN3O3. The standard InChI is InChI=1S/C20H21ClFN3O3/c21-18-11-14(12-23-19(18)28-17-5-10-27-13-17)20(26)25-8-6-24(7-9-25)16-3-1-15(22)2-4-16/h1-4,11-12,17H,5-10,13H2. The van der Waals surface area contributed by atoms with E-state index >= 15 is 0 Å². The van der Waals surface area contributed by atoms with Crippen LogP contribution in [0.15, 0.2) is 36.5 Å². The van der Waals surface area contributed by atoms with E-state index in [9.17, 15) is 9.18 Å². The van der Waals surface area contributed by atoms with Crippen molar-refractivity contribution in [3.05, 3.63) is 52.9 Å². The Morgan fingerprint density at radius 2 is 1.96 bits per heavy atom. The molecule has 1 unspecified atom stereocenters. The van der Waals surface area contributed by atoms with Crippen molar-refractivity contribution < 1.29 is 18.7 Å². The number of rotatable bonds is 4. The van der Waals surface area contributed by atoms with Crippen molar-refractivity contribution in [2.75, 3.05) is 44.3 Å². The minimum Gasteiger partial charge on any atom is -0.471 e. The Balaban J connectivity index is 1.37. The van der Waals surface area contributed by atoms with E-state index in [0.29, 0.717) is 55.9 Å². The number of hydrogen-bond acceptors (Lipinski definition) is 5. The Morgan fingerprint density at radius 3 is 2.61 bits per heavy atom. The molecule has 0 saturated carbocycles. The maximum absolute atomic E-state index is 13.1. The summed E-state index contributed by atoms with van der Waals surface area (Å²) in [5.74, 6) is -0.0337. The molecule has 1 atom stereocenters. The quantitative estimate of drug-likeness (QED) is 0.782. The monoisotopic (exact) mass is 405 g/mol. The SMILES string of the molecule is O=C(c1cnc(OC2CCOC2)c(Cl)c1)N1CCN(c2ccc(F)cc2)CC1. The Bertz CT molecular complexity index is 835. The van der Waals surface area contributed by atoms with E-state index in [1.807, 2.05) is 0 Å². The molecule has 6 nitrogen and oxygen atoms in total. The van der Waals surface area contributed by atoms with Gasteiger partial charge in [-0.1, -0.05) is 11.6 Å². The van der Waals surface area contributed by atoms with Gasteiger partial charge < -0.3 is 19.3 Å². The number of benzene rings is 1. The molecular weight excluding hydrogens is 385 g/mol. The van der Waals surface area contributed by atoms with E-state index in [4.69, 9.17) is 21.1 Å². The van der Waals surface area contributed by atoms with Gasteiger partial charge in [0.15, 0.2) is 0 Å². The molecule has 4 rings (SSSR count). The van der Waals surface area contributed by atoms with Gasteiger partial charge in [-0.05, 0) is 30.3 Å². The fourth-order valence-corrected chi connectivity index (χ4v) is 3.61. The van der Waals surface area contributed by atoms with Crippen molar-refractivity contribution in [1.29, 1.82) is 0 Å². The molecule has 0 radical (unpaired) electrons. The van der Waals surface area contributed by atoms with Crippen LogP contribution < -0.4 is 9.64 Å². The van der Waals surface area contributed by atoms with Gasteiger partial charge in [0.25, 0.3) is 5.91 Å². The Morgan fingerprint density at radius 1 is 1.21 bits per heavy atom. The fourth-order valence-electron chi connectivity index (χ4n) is 3.39. The van der Waals surface area contributed by atoms with Gasteiger partial charge in [-0.25, -0.2) is 9.37 Å². The number of hydrogen-bond donors (Lipinski definition) is 0. The first-order valence-corrected chi connectivity index (χ1v) is 9.68. The molecule has 0 N–H and O–H groups in total. The highest BCUT2D eigenvalue weighted by Crippen LogP contribution is 2.26. The molecule has 1 aromatic carbocycles. The third-order valence-electron chi connectivity index (χ3n) is 4.98. The van der Waals surface area contributed by atoms with Crippen LogP contribution in [0.3, 0.4) is 0 Å². The van der Waals surface area contributed by atoms with Gasteiger partial charge in [-0.2, -0.15) is 0 Å². The number of pyridine rings is 1. The van der Waals surface area contributed by atoms with Crippen molar-refractivity contribution in [3.8, 4) is 5.88 Å². The second kappa shape index (κ2) is 8.32. The number of aromatic nitrogens is 1. The number of nitrogens with zero attached hydrogens (tertiary/aromatic N) is 3. The number of halogens is 2. The van der Waals surface area contributed by atoms with Crippen LogP contribution in [0.5, 0.6) is 5.88 Å². The third kappa shape index (κ3) is 4.20. The van der Waals surface area contributed by atoms with Gasteiger partial charge in [0, 0.05) is 44.5 Å². The molecule has 0 spiro atoms. The van der Waals surface area contributed by atoms with Crippen LogP contribution in [0.1, 0.15) is 16.8 Å². The Labute approximate surface area is 167 Å². The van der Waals surface area contributed by atoms with Crippen molar-refractivity contribution in [2.45, 2.75) is 12.5 Å². The van der Waals surface area contributed by atoms with E-state index in [2.05, 4.69) is 9.88 Å². The van der Waals surface area contributed by atoms with Gasteiger partial charge in [-0.15, -0.1) is 0 Å². The lowest BCUT2D eigenvalue weighted by Gasteiger charge is -2.36. The number of anilines is 1. The van der Waals surface area contributed by atoms with Crippen molar-refractivity contribution in [1.82, 2.24) is 9.88 Å². The Hall–Kier alpha value is -2.38. The highest BCUT2D eigenvalue weighted by atomic mass is 35.5. The van der Waals surface area contributed by atoms with Crippen molar-refractivity contribution >= 4 is 23.2 Å². The number of ether oxygens (including phenoxy) is 2. The second-order valence-electron chi connectivity index (χ2n) is 6.87. The van der Waals surface area contributed by atoms with Crippen LogP contribution in [0.25, 0.3) is 0 Å². The summed E-state index contributed by atoms with van der Waals surface area (Å²) in [4.78, 5) is 20.9. The van der Waals surface area contributed by atoms with Crippen LogP contribution in [-0.2, 0) is 4.74 Å². The zero-order valence-corrected chi connectivity index (χ0v) is 16.1. The lowest BCUT2D eigenvalue weighted by atomic mass is 10.2. The number of carbonyl (C=O) groups is 1. The average molecular weight is 406 g/mol. The van der Waals surface area contributed by atoms with Crippen LogP contribution in [0, 0.1) is 5.82 Å². The fraction of sp³-hybridized carbons (Fsp3) is 0.400. The Kier molecular flexibility index (Phi) is 5.64. The maximum atomic E-state index is 13.1. The summed E-state index contributed by atoms with van der Waals surface area (Å²) in [6.45, 7) is 3.71. The first kappa shape index (κ1) is 19.0. The van der Waals surface area contributed by atoms with Gasteiger partial charge in [0.1, 0.15) is 16.9 Å². The van der Waals surface area contributed by atoms with Gasteiger partial charge in [0.05, 0.1) is 18.8 Å². The molecule has 8 heteroatoms. The zero-order valence-electron chi connectivity index (χ0n) is 15.3. The lowest BCUT2D eigenvalue weighted by molar-refractivity contribution is 0.0746.